The Kier molecular flexibility index (Phi) is 6.52. The van der Waals surface area contributed by atoms with E-state index in [1.165, 1.54) is 0 Å². The second-order valence-electron chi connectivity index (χ2n) is 2.68. The standard InChI is InChI=1S/C7H14FN.C2H6/c1-2-6-3-4-9-5-7(6)8;1-2/h6-7,9H,2-5H2,1H3;1-2H3. The third-order valence-electron chi connectivity index (χ3n) is 2.07. The van der Waals surface area contributed by atoms with Crippen molar-refractivity contribution in [3.05, 3.63) is 0 Å². The van der Waals surface area contributed by atoms with Crippen LogP contribution >= 0.6 is 0 Å². The van der Waals surface area contributed by atoms with Gasteiger partial charge in [0.05, 0.1) is 0 Å². The minimum atomic E-state index is -0.594. The van der Waals surface area contributed by atoms with E-state index in [2.05, 4.69) is 12.2 Å². The van der Waals surface area contributed by atoms with Gasteiger partial charge in [-0.25, -0.2) is 4.39 Å². The van der Waals surface area contributed by atoms with Gasteiger partial charge in [0.15, 0.2) is 0 Å². The highest BCUT2D eigenvalue weighted by molar-refractivity contribution is 4.75. The summed E-state index contributed by atoms with van der Waals surface area (Å²) in [6.07, 6.45) is 1.41. The minimum Gasteiger partial charge on any atom is -0.314 e. The van der Waals surface area contributed by atoms with Crippen LogP contribution in [0.25, 0.3) is 0 Å². The van der Waals surface area contributed by atoms with Gasteiger partial charge >= 0.3 is 0 Å². The maximum Gasteiger partial charge on any atom is 0.115 e. The van der Waals surface area contributed by atoms with Crippen LogP contribution in [0.2, 0.25) is 0 Å². The van der Waals surface area contributed by atoms with E-state index in [1.807, 2.05) is 13.8 Å². The lowest BCUT2D eigenvalue weighted by Crippen LogP contribution is -2.37. The minimum absolute atomic E-state index is 0.325. The molecule has 0 aromatic carbocycles. The molecule has 0 aromatic heterocycles. The summed E-state index contributed by atoms with van der Waals surface area (Å²) in [7, 11) is 0. The summed E-state index contributed by atoms with van der Waals surface area (Å²) in [5, 5.41) is 3.02. The molecule has 1 fully saturated rings. The van der Waals surface area contributed by atoms with Crippen molar-refractivity contribution in [3.63, 3.8) is 0 Å². The van der Waals surface area contributed by atoms with Gasteiger partial charge in [-0.05, 0) is 18.9 Å². The van der Waals surface area contributed by atoms with E-state index >= 15 is 0 Å². The van der Waals surface area contributed by atoms with E-state index in [1.54, 1.807) is 0 Å². The van der Waals surface area contributed by atoms with Crippen molar-refractivity contribution in [2.45, 2.75) is 39.8 Å². The zero-order chi connectivity index (χ0) is 8.69. The van der Waals surface area contributed by atoms with Crippen LogP contribution in [0.1, 0.15) is 33.6 Å². The Morgan fingerprint density at radius 3 is 2.45 bits per heavy atom. The molecule has 0 spiro atoms. The van der Waals surface area contributed by atoms with Gasteiger partial charge in [0.2, 0.25) is 0 Å². The molecule has 11 heavy (non-hydrogen) atoms. The number of rotatable bonds is 1. The van der Waals surface area contributed by atoms with Gasteiger partial charge in [-0.2, -0.15) is 0 Å². The largest absolute Gasteiger partial charge is 0.314 e. The smallest absolute Gasteiger partial charge is 0.115 e. The maximum absolute atomic E-state index is 12.8. The molecule has 1 saturated heterocycles. The highest BCUT2D eigenvalue weighted by atomic mass is 19.1. The lowest BCUT2D eigenvalue weighted by Gasteiger charge is -2.25. The average molecular weight is 161 g/mol. The molecule has 1 nitrogen and oxygen atoms in total. The zero-order valence-electron chi connectivity index (χ0n) is 7.86. The van der Waals surface area contributed by atoms with Gasteiger partial charge in [-0.1, -0.05) is 27.2 Å². The molecule has 0 aliphatic carbocycles. The van der Waals surface area contributed by atoms with Crippen LogP contribution in [-0.2, 0) is 0 Å². The first-order valence-electron chi connectivity index (χ1n) is 4.69. The van der Waals surface area contributed by atoms with E-state index in [0.717, 1.165) is 19.4 Å². The third kappa shape index (κ3) is 3.71. The van der Waals surface area contributed by atoms with Gasteiger partial charge in [-0.15, -0.1) is 0 Å². The molecule has 0 bridgehead atoms. The Morgan fingerprint density at radius 1 is 1.45 bits per heavy atom. The summed E-state index contributed by atoms with van der Waals surface area (Å²) in [4.78, 5) is 0. The number of halogens is 1. The van der Waals surface area contributed by atoms with E-state index in [-0.39, 0.29) is 0 Å². The molecule has 1 aliphatic heterocycles. The molecule has 1 heterocycles. The molecule has 0 aromatic rings. The third-order valence-corrected chi connectivity index (χ3v) is 2.07. The molecule has 0 saturated carbocycles. The summed E-state index contributed by atoms with van der Waals surface area (Å²) in [6.45, 7) is 7.62. The molecule has 0 amide bonds. The molecule has 2 atom stereocenters. The number of nitrogens with one attached hydrogen (secondary N) is 1. The Balaban J connectivity index is 0.000000461. The van der Waals surface area contributed by atoms with Crippen LogP contribution in [0.5, 0.6) is 0 Å². The molecule has 1 N–H and O–H groups in total. The highest BCUT2D eigenvalue weighted by Gasteiger charge is 2.21. The topological polar surface area (TPSA) is 12.0 Å². The van der Waals surface area contributed by atoms with Crippen LogP contribution in [-0.4, -0.2) is 19.3 Å². The van der Waals surface area contributed by atoms with E-state index in [0.29, 0.717) is 12.5 Å². The molecule has 2 heteroatoms. The van der Waals surface area contributed by atoms with Gasteiger partial charge in [0, 0.05) is 6.54 Å². The molecule has 68 valence electrons. The zero-order valence-corrected chi connectivity index (χ0v) is 7.86. The van der Waals surface area contributed by atoms with Gasteiger partial charge in [0.1, 0.15) is 6.17 Å². The first kappa shape index (κ1) is 10.9. The summed E-state index contributed by atoms with van der Waals surface area (Å²) in [6, 6.07) is 0. The Labute approximate surface area is 69.4 Å². The van der Waals surface area contributed by atoms with Gasteiger partial charge in [-0.3, -0.25) is 0 Å². The molecule has 1 aliphatic rings. The first-order valence-corrected chi connectivity index (χ1v) is 4.69. The van der Waals surface area contributed by atoms with Crippen molar-refractivity contribution in [3.8, 4) is 0 Å². The van der Waals surface area contributed by atoms with Crippen molar-refractivity contribution < 1.29 is 4.39 Å². The van der Waals surface area contributed by atoms with Crippen molar-refractivity contribution in [2.75, 3.05) is 13.1 Å². The van der Waals surface area contributed by atoms with Crippen molar-refractivity contribution in [1.29, 1.82) is 0 Å². The monoisotopic (exact) mass is 161 g/mol. The normalized spacial score (nSPS) is 30.5. The van der Waals surface area contributed by atoms with Crippen molar-refractivity contribution >= 4 is 0 Å². The Morgan fingerprint density at radius 2 is 2.09 bits per heavy atom. The lowest BCUT2D eigenvalue weighted by molar-refractivity contribution is 0.176. The maximum atomic E-state index is 12.8. The lowest BCUT2D eigenvalue weighted by atomic mass is 9.94. The fraction of sp³-hybridized carbons (Fsp3) is 1.00. The summed E-state index contributed by atoms with van der Waals surface area (Å²) >= 11 is 0. The Bertz CT molecular complexity index is 85.6. The van der Waals surface area contributed by atoms with Crippen LogP contribution in [0, 0.1) is 5.92 Å². The molecular weight excluding hydrogens is 141 g/mol. The number of piperidine rings is 1. The molecule has 2 unspecified atom stereocenters. The number of hydrogen-bond acceptors (Lipinski definition) is 1. The second kappa shape index (κ2) is 6.59. The van der Waals surface area contributed by atoms with Crippen LogP contribution in [0.4, 0.5) is 4.39 Å². The molecular formula is C9H20FN. The van der Waals surface area contributed by atoms with Gasteiger partial charge in [0.25, 0.3) is 0 Å². The Hall–Kier alpha value is -0.110. The SMILES string of the molecule is CC.CCC1CCNCC1F. The van der Waals surface area contributed by atoms with Crippen LogP contribution in [0.3, 0.4) is 0 Å². The van der Waals surface area contributed by atoms with Crippen molar-refractivity contribution in [2.24, 2.45) is 5.92 Å². The average Bonchev–Trinajstić information content (AvgIpc) is 2.09. The van der Waals surface area contributed by atoms with Crippen LogP contribution in [0.15, 0.2) is 0 Å². The molecule has 1 rings (SSSR count). The quantitative estimate of drug-likeness (QED) is 0.622. The predicted octanol–water partition coefficient (Wildman–Crippen LogP) is 2.37. The van der Waals surface area contributed by atoms with Crippen molar-refractivity contribution in [1.82, 2.24) is 5.32 Å². The van der Waals surface area contributed by atoms with Crippen LogP contribution < -0.4 is 5.32 Å². The fourth-order valence-corrected chi connectivity index (χ4v) is 1.33. The highest BCUT2D eigenvalue weighted by Crippen LogP contribution is 2.18. The summed E-state index contributed by atoms with van der Waals surface area (Å²) < 4.78 is 12.8. The van der Waals surface area contributed by atoms with E-state index in [4.69, 9.17) is 0 Å². The van der Waals surface area contributed by atoms with E-state index < -0.39 is 6.17 Å². The fourth-order valence-electron chi connectivity index (χ4n) is 1.33. The number of hydrogen-bond donors (Lipinski definition) is 1. The molecule has 0 radical (unpaired) electrons. The predicted molar refractivity (Wildman–Crippen MR) is 47.5 cm³/mol. The second-order valence-corrected chi connectivity index (χ2v) is 2.68. The number of alkyl halides is 1. The summed E-state index contributed by atoms with van der Waals surface area (Å²) in [5.74, 6) is 0.325. The summed E-state index contributed by atoms with van der Waals surface area (Å²) in [5.41, 5.74) is 0. The first-order chi connectivity index (χ1) is 5.34. The van der Waals surface area contributed by atoms with E-state index in [9.17, 15) is 4.39 Å². The van der Waals surface area contributed by atoms with Gasteiger partial charge < -0.3 is 5.32 Å².